The highest BCUT2D eigenvalue weighted by atomic mass is 35.5. The fraction of sp³-hybridized carbons (Fsp3) is 0.0500. The molecular formula is C20H16ClFN6. The second-order valence-electron chi connectivity index (χ2n) is 6.12. The van der Waals surface area contributed by atoms with Gasteiger partial charge in [0.05, 0.1) is 16.2 Å². The van der Waals surface area contributed by atoms with Crippen molar-refractivity contribution < 1.29 is 4.39 Å². The SMILES string of the molecule is Cc1nc(-c2ccccc2Cl)nc(Nc2n[nH]c3ccc(F)cc23)c1/C=C\N. The minimum atomic E-state index is -0.352. The zero-order chi connectivity index (χ0) is 19.7. The Kier molecular flexibility index (Phi) is 4.67. The summed E-state index contributed by atoms with van der Waals surface area (Å²) in [6.07, 6.45) is 3.11. The van der Waals surface area contributed by atoms with E-state index in [0.29, 0.717) is 50.2 Å². The van der Waals surface area contributed by atoms with Crippen LogP contribution < -0.4 is 11.1 Å². The van der Waals surface area contributed by atoms with Gasteiger partial charge in [-0.05, 0) is 49.5 Å². The molecule has 8 heteroatoms. The minimum absolute atomic E-state index is 0.352. The lowest BCUT2D eigenvalue weighted by atomic mass is 10.1. The Labute approximate surface area is 165 Å². The third-order valence-electron chi connectivity index (χ3n) is 4.28. The van der Waals surface area contributed by atoms with Crippen LogP contribution in [0.15, 0.2) is 48.7 Å². The van der Waals surface area contributed by atoms with Crippen LogP contribution in [-0.4, -0.2) is 20.2 Å². The number of nitrogens with zero attached hydrogens (tertiary/aromatic N) is 3. The number of halogens is 2. The van der Waals surface area contributed by atoms with Crippen LogP contribution in [0, 0.1) is 12.7 Å². The van der Waals surface area contributed by atoms with Crippen LogP contribution in [0.25, 0.3) is 28.4 Å². The predicted molar refractivity (Wildman–Crippen MR) is 110 cm³/mol. The van der Waals surface area contributed by atoms with E-state index in [1.54, 1.807) is 18.2 Å². The van der Waals surface area contributed by atoms with Crippen LogP contribution in [0.5, 0.6) is 0 Å². The van der Waals surface area contributed by atoms with Crippen molar-refractivity contribution in [3.63, 3.8) is 0 Å². The molecule has 28 heavy (non-hydrogen) atoms. The van der Waals surface area contributed by atoms with Gasteiger partial charge in [-0.25, -0.2) is 14.4 Å². The van der Waals surface area contributed by atoms with Crippen LogP contribution in [0.2, 0.25) is 5.02 Å². The van der Waals surface area contributed by atoms with Gasteiger partial charge in [-0.15, -0.1) is 0 Å². The molecule has 0 aliphatic carbocycles. The average molecular weight is 395 g/mol. The number of H-pyrrole nitrogens is 1. The molecule has 2 heterocycles. The number of hydrogen-bond donors (Lipinski definition) is 3. The standard InChI is InChI=1S/C20H16ClFN6/c1-11-13(8-9-23)18(25-19(24-11)14-4-2-3-5-16(14)21)26-20-15-10-12(22)6-7-17(15)27-28-20/h2-10H,23H2,1H3,(H2,24,25,26,27,28)/b9-8-. The topological polar surface area (TPSA) is 92.5 Å². The molecule has 0 aliphatic heterocycles. The number of benzene rings is 2. The summed E-state index contributed by atoms with van der Waals surface area (Å²) >= 11 is 6.31. The molecule has 0 unspecified atom stereocenters. The maximum Gasteiger partial charge on any atom is 0.163 e. The van der Waals surface area contributed by atoms with Gasteiger partial charge >= 0.3 is 0 Å². The third kappa shape index (κ3) is 3.27. The van der Waals surface area contributed by atoms with Crippen molar-refractivity contribution in [2.24, 2.45) is 5.73 Å². The maximum atomic E-state index is 13.7. The number of nitrogens with one attached hydrogen (secondary N) is 2. The van der Waals surface area contributed by atoms with E-state index >= 15 is 0 Å². The first-order valence-electron chi connectivity index (χ1n) is 8.49. The summed E-state index contributed by atoms with van der Waals surface area (Å²) in [5, 5.41) is 11.4. The average Bonchev–Trinajstić information content (AvgIpc) is 3.06. The van der Waals surface area contributed by atoms with Crippen LogP contribution in [0.3, 0.4) is 0 Å². The van der Waals surface area contributed by atoms with Gasteiger partial charge in [-0.2, -0.15) is 5.10 Å². The number of rotatable bonds is 4. The van der Waals surface area contributed by atoms with Crippen LogP contribution in [0.1, 0.15) is 11.3 Å². The normalized spacial score (nSPS) is 11.4. The minimum Gasteiger partial charge on any atom is -0.405 e. The number of fused-ring (bicyclic) bond motifs is 1. The first kappa shape index (κ1) is 17.9. The summed E-state index contributed by atoms with van der Waals surface area (Å²) in [6, 6.07) is 11.7. The van der Waals surface area contributed by atoms with Crippen molar-refractivity contribution in [3.05, 3.63) is 70.8 Å². The van der Waals surface area contributed by atoms with Gasteiger partial charge < -0.3 is 11.1 Å². The van der Waals surface area contributed by atoms with Gasteiger partial charge in [0, 0.05) is 16.5 Å². The molecule has 0 spiro atoms. The fourth-order valence-electron chi connectivity index (χ4n) is 2.93. The lowest BCUT2D eigenvalue weighted by Gasteiger charge is -2.12. The monoisotopic (exact) mass is 394 g/mol. The summed E-state index contributed by atoms with van der Waals surface area (Å²) in [7, 11) is 0. The number of nitrogens with two attached hydrogens (primary N) is 1. The number of aryl methyl sites for hydroxylation is 1. The Hall–Kier alpha value is -3.45. The summed E-state index contributed by atoms with van der Waals surface area (Å²) in [6.45, 7) is 1.85. The molecule has 140 valence electrons. The van der Waals surface area contributed by atoms with Crippen molar-refractivity contribution in [1.82, 2.24) is 20.2 Å². The highest BCUT2D eigenvalue weighted by Gasteiger charge is 2.15. The number of aromatic amines is 1. The fourth-order valence-corrected chi connectivity index (χ4v) is 3.15. The molecule has 0 radical (unpaired) electrons. The predicted octanol–water partition coefficient (Wildman–Crippen LogP) is 4.79. The molecule has 0 saturated carbocycles. The van der Waals surface area contributed by atoms with Crippen LogP contribution in [0.4, 0.5) is 16.0 Å². The van der Waals surface area contributed by atoms with Crippen LogP contribution >= 0.6 is 11.6 Å². The molecule has 0 bridgehead atoms. The van der Waals surface area contributed by atoms with Crippen molar-refractivity contribution >= 4 is 40.2 Å². The number of aromatic nitrogens is 4. The number of hydrogen-bond acceptors (Lipinski definition) is 5. The maximum absolute atomic E-state index is 13.7. The summed E-state index contributed by atoms with van der Waals surface area (Å²) < 4.78 is 13.7. The van der Waals surface area contributed by atoms with Crippen molar-refractivity contribution in [3.8, 4) is 11.4 Å². The molecule has 2 aromatic heterocycles. The van der Waals surface area contributed by atoms with E-state index in [1.807, 2.05) is 25.1 Å². The zero-order valence-corrected chi connectivity index (χ0v) is 15.6. The van der Waals surface area contributed by atoms with Gasteiger partial charge in [-0.1, -0.05) is 23.7 Å². The van der Waals surface area contributed by atoms with E-state index in [0.717, 1.165) is 0 Å². The first-order valence-corrected chi connectivity index (χ1v) is 8.87. The molecule has 4 rings (SSSR count). The molecule has 4 aromatic rings. The smallest absolute Gasteiger partial charge is 0.163 e. The Balaban J connectivity index is 1.86. The third-order valence-corrected chi connectivity index (χ3v) is 4.61. The van der Waals surface area contributed by atoms with Crippen molar-refractivity contribution in [1.29, 1.82) is 0 Å². The van der Waals surface area contributed by atoms with Gasteiger partial charge in [0.25, 0.3) is 0 Å². The van der Waals surface area contributed by atoms with Crippen LogP contribution in [-0.2, 0) is 0 Å². The van der Waals surface area contributed by atoms with E-state index < -0.39 is 0 Å². The molecule has 0 fully saturated rings. The van der Waals surface area contributed by atoms with Gasteiger partial charge in [0.2, 0.25) is 0 Å². The summed E-state index contributed by atoms with van der Waals surface area (Å²) in [5.74, 6) is 1.05. The largest absolute Gasteiger partial charge is 0.405 e. The van der Waals surface area contributed by atoms with Gasteiger partial charge in [0.1, 0.15) is 11.6 Å². The highest BCUT2D eigenvalue weighted by Crippen LogP contribution is 2.31. The number of anilines is 2. The molecular weight excluding hydrogens is 379 g/mol. The molecule has 6 nitrogen and oxygen atoms in total. The molecule has 2 aromatic carbocycles. The van der Waals surface area contributed by atoms with E-state index in [2.05, 4.69) is 25.5 Å². The Bertz CT molecular complexity index is 1200. The van der Waals surface area contributed by atoms with Gasteiger partial charge in [-0.3, -0.25) is 5.10 Å². The Morgan fingerprint density at radius 3 is 2.75 bits per heavy atom. The highest BCUT2D eigenvalue weighted by molar-refractivity contribution is 6.33. The summed E-state index contributed by atoms with van der Waals surface area (Å²) in [5.41, 5.74) is 8.42. The Morgan fingerprint density at radius 1 is 1.14 bits per heavy atom. The summed E-state index contributed by atoms with van der Waals surface area (Å²) in [4.78, 5) is 9.18. The second-order valence-corrected chi connectivity index (χ2v) is 6.53. The van der Waals surface area contributed by atoms with E-state index in [1.165, 1.54) is 18.3 Å². The van der Waals surface area contributed by atoms with E-state index in [9.17, 15) is 4.39 Å². The first-order chi connectivity index (χ1) is 13.6. The Morgan fingerprint density at radius 2 is 1.96 bits per heavy atom. The molecule has 0 aliphatic rings. The quantitative estimate of drug-likeness (QED) is 0.462. The molecule has 0 saturated heterocycles. The van der Waals surface area contributed by atoms with Gasteiger partial charge in [0.15, 0.2) is 11.6 Å². The molecule has 0 amide bonds. The van der Waals surface area contributed by atoms with E-state index in [4.69, 9.17) is 17.3 Å². The second kappa shape index (κ2) is 7.28. The molecule has 4 N–H and O–H groups in total. The van der Waals surface area contributed by atoms with Crippen molar-refractivity contribution in [2.45, 2.75) is 6.92 Å². The molecule has 0 atom stereocenters. The lowest BCUT2D eigenvalue weighted by Crippen LogP contribution is -2.04. The van der Waals surface area contributed by atoms with Crippen molar-refractivity contribution in [2.75, 3.05) is 5.32 Å². The van der Waals surface area contributed by atoms with E-state index in [-0.39, 0.29) is 5.82 Å². The zero-order valence-electron chi connectivity index (χ0n) is 14.9. The lowest BCUT2D eigenvalue weighted by molar-refractivity contribution is 0.630.